The molecule has 1 fully saturated rings. The van der Waals surface area contributed by atoms with Crippen molar-refractivity contribution in [2.75, 3.05) is 6.54 Å². The van der Waals surface area contributed by atoms with Gasteiger partial charge in [0.1, 0.15) is 4.90 Å². The molecular weight excluding hydrogens is 200 g/mol. The Morgan fingerprint density at radius 1 is 1.50 bits per heavy atom. The van der Waals surface area contributed by atoms with E-state index < -0.39 is 10.0 Å². The third kappa shape index (κ3) is 0.861. The molecule has 1 saturated heterocycles. The SMILES string of the molecule is O=S1(=O)c2cccnc2C2CCCN21. The first kappa shape index (κ1) is 8.38. The highest BCUT2D eigenvalue weighted by Gasteiger charge is 2.45. The Morgan fingerprint density at radius 3 is 3.21 bits per heavy atom. The van der Waals surface area contributed by atoms with Gasteiger partial charge in [0.15, 0.2) is 0 Å². The normalized spacial score (nSPS) is 28.7. The lowest BCUT2D eigenvalue weighted by molar-refractivity contribution is 0.413. The second-order valence-electron chi connectivity index (χ2n) is 3.66. The second-order valence-corrected chi connectivity index (χ2v) is 5.52. The Labute approximate surface area is 82.6 Å². The molecule has 3 rings (SSSR count). The average Bonchev–Trinajstić information content (AvgIpc) is 2.72. The van der Waals surface area contributed by atoms with Crippen LogP contribution in [0.15, 0.2) is 23.2 Å². The zero-order valence-electron chi connectivity index (χ0n) is 7.55. The van der Waals surface area contributed by atoms with E-state index in [-0.39, 0.29) is 6.04 Å². The van der Waals surface area contributed by atoms with Gasteiger partial charge in [0.2, 0.25) is 10.0 Å². The molecule has 0 N–H and O–H groups in total. The van der Waals surface area contributed by atoms with Crippen molar-refractivity contribution in [2.45, 2.75) is 23.8 Å². The van der Waals surface area contributed by atoms with Crippen LogP contribution in [0.2, 0.25) is 0 Å². The topological polar surface area (TPSA) is 50.3 Å². The molecule has 0 amide bonds. The molecule has 2 aliphatic rings. The van der Waals surface area contributed by atoms with Crippen LogP contribution in [0.4, 0.5) is 0 Å². The van der Waals surface area contributed by atoms with Gasteiger partial charge in [0.05, 0.1) is 11.7 Å². The van der Waals surface area contributed by atoms with Crippen molar-refractivity contribution in [1.29, 1.82) is 0 Å². The maximum absolute atomic E-state index is 12.0. The number of rotatable bonds is 0. The summed E-state index contributed by atoms with van der Waals surface area (Å²) in [5.74, 6) is 0. The minimum absolute atomic E-state index is 0.0104. The maximum atomic E-state index is 12.0. The summed E-state index contributed by atoms with van der Waals surface area (Å²) < 4.78 is 25.5. The molecular formula is C9H10N2O2S. The molecule has 74 valence electrons. The van der Waals surface area contributed by atoms with Gasteiger partial charge in [-0.1, -0.05) is 0 Å². The van der Waals surface area contributed by atoms with Gasteiger partial charge in [0, 0.05) is 12.7 Å². The fourth-order valence-electron chi connectivity index (χ4n) is 2.30. The molecule has 1 atom stereocenters. The van der Waals surface area contributed by atoms with E-state index in [0.717, 1.165) is 18.5 Å². The predicted molar refractivity (Wildman–Crippen MR) is 50.1 cm³/mol. The van der Waals surface area contributed by atoms with Crippen LogP contribution in [0.1, 0.15) is 24.6 Å². The fraction of sp³-hybridized carbons (Fsp3) is 0.444. The van der Waals surface area contributed by atoms with Crippen LogP contribution in [0.5, 0.6) is 0 Å². The minimum atomic E-state index is -3.21. The molecule has 3 heterocycles. The van der Waals surface area contributed by atoms with Crippen LogP contribution in [-0.2, 0) is 10.0 Å². The highest BCUT2D eigenvalue weighted by Crippen LogP contribution is 2.44. The second kappa shape index (κ2) is 2.55. The van der Waals surface area contributed by atoms with Gasteiger partial charge < -0.3 is 0 Å². The van der Waals surface area contributed by atoms with Gasteiger partial charge in [-0.05, 0) is 25.0 Å². The van der Waals surface area contributed by atoms with Crippen LogP contribution in [0.3, 0.4) is 0 Å². The fourth-order valence-corrected chi connectivity index (χ4v) is 4.16. The summed E-state index contributed by atoms with van der Waals surface area (Å²) in [6.45, 7) is 0.642. The molecule has 1 unspecified atom stereocenters. The van der Waals surface area contributed by atoms with Crippen molar-refractivity contribution >= 4 is 10.0 Å². The first-order valence-electron chi connectivity index (χ1n) is 4.68. The molecule has 5 heteroatoms. The lowest BCUT2D eigenvalue weighted by atomic mass is 10.1. The van der Waals surface area contributed by atoms with Gasteiger partial charge in [-0.3, -0.25) is 4.98 Å². The molecule has 0 aromatic carbocycles. The third-order valence-electron chi connectivity index (χ3n) is 2.91. The quantitative estimate of drug-likeness (QED) is 0.639. The van der Waals surface area contributed by atoms with Gasteiger partial charge in [-0.25, -0.2) is 8.42 Å². The summed E-state index contributed by atoms with van der Waals surface area (Å²) in [6, 6.07) is 3.34. The van der Waals surface area contributed by atoms with E-state index in [1.165, 1.54) is 0 Å². The highest BCUT2D eigenvalue weighted by atomic mass is 32.2. The van der Waals surface area contributed by atoms with Crippen LogP contribution < -0.4 is 0 Å². The first-order chi connectivity index (χ1) is 6.71. The summed E-state index contributed by atoms with van der Waals surface area (Å²) in [7, 11) is -3.21. The predicted octanol–water partition coefficient (Wildman–Crippen LogP) is 0.921. The highest BCUT2D eigenvalue weighted by molar-refractivity contribution is 7.89. The zero-order valence-corrected chi connectivity index (χ0v) is 8.37. The largest absolute Gasteiger partial charge is 0.258 e. The molecule has 4 nitrogen and oxygen atoms in total. The summed E-state index contributed by atoms with van der Waals surface area (Å²) >= 11 is 0. The molecule has 1 aromatic rings. The van der Waals surface area contributed by atoms with E-state index in [9.17, 15) is 8.42 Å². The standard InChI is InChI=1S/C9H10N2O2S/c12-14(13)8-4-1-5-10-9(8)7-3-2-6-11(7)14/h1,4-5,7H,2-3,6H2. The van der Waals surface area contributed by atoms with E-state index >= 15 is 0 Å². The number of sulfonamides is 1. The van der Waals surface area contributed by atoms with Gasteiger partial charge in [-0.15, -0.1) is 0 Å². The average molecular weight is 210 g/mol. The molecule has 0 aliphatic carbocycles. The smallest absolute Gasteiger partial charge is 0.245 e. The number of aromatic nitrogens is 1. The van der Waals surface area contributed by atoms with Crippen molar-refractivity contribution in [3.63, 3.8) is 0 Å². The first-order valence-corrected chi connectivity index (χ1v) is 6.12. The Balaban J connectivity index is 2.30. The Bertz CT molecular complexity index is 483. The van der Waals surface area contributed by atoms with E-state index in [1.54, 1.807) is 22.6 Å². The van der Waals surface area contributed by atoms with E-state index in [2.05, 4.69) is 4.98 Å². The van der Waals surface area contributed by atoms with E-state index in [0.29, 0.717) is 11.4 Å². The Hall–Kier alpha value is -0.940. The lowest BCUT2D eigenvalue weighted by Gasteiger charge is -2.11. The van der Waals surface area contributed by atoms with Gasteiger partial charge in [0.25, 0.3) is 0 Å². The van der Waals surface area contributed by atoms with E-state index in [4.69, 9.17) is 0 Å². The van der Waals surface area contributed by atoms with Gasteiger partial charge in [-0.2, -0.15) is 4.31 Å². The summed E-state index contributed by atoms with van der Waals surface area (Å²) in [6.07, 6.45) is 3.51. The molecule has 0 radical (unpaired) electrons. The monoisotopic (exact) mass is 210 g/mol. The van der Waals surface area contributed by atoms with Crippen LogP contribution in [0, 0.1) is 0 Å². The van der Waals surface area contributed by atoms with Crippen molar-refractivity contribution < 1.29 is 8.42 Å². The van der Waals surface area contributed by atoms with Gasteiger partial charge >= 0.3 is 0 Å². The number of fused-ring (bicyclic) bond motifs is 3. The van der Waals surface area contributed by atoms with Crippen LogP contribution in [0.25, 0.3) is 0 Å². The van der Waals surface area contributed by atoms with Crippen LogP contribution >= 0.6 is 0 Å². The summed E-state index contributed by atoms with van der Waals surface area (Å²) in [5.41, 5.74) is 0.741. The molecule has 14 heavy (non-hydrogen) atoms. The number of hydrogen-bond acceptors (Lipinski definition) is 3. The lowest BCUT2D eigenvalue weighted by Crippen LogP contribution is -2.23. The Kier molecular flexibility index (Phi) is 1.52. The molecule has 0 saturated carbocycles. The molecule has 0 spiro atoms. The summed E-state index contributed by atoms with van der Waals surface area (Å²) in [4.78, 5) is 4.58. The molecule has 1 aromatic heterocycles. The van der Waals surface area contributed by atoms with Crippen molar-refractivity contribution in [3.05, 3.63) is 24.0 Å². The van der Waals surface area contributed by atoms with Crippen molar-refractivity contribution in [3.8, 4) is 0 Å². The zero-order chi connectivity index (χ0) is 9.76. The van der Waals surface area contributed by atoms with E-state index in [1.807, 2.05) is 0 Å². The molecule has 2 aliphatic heterocycles. The number of nitrogens with zero attached hydrogens (tertiary/aromatic N) is 2. The van der Waals surface area contributed by atoms with Crippen LogP contribution in [-0.4, -0.2) is 24.3 Å². The van der Waals surface area contributed by atoms with Crippen molar-refractivity contribution in [2.24, 2.45) is 0 Å². The summed E-state index contributed by atoms with van der Waals surface area (Å²) in [5, 5.41) is 0. The maximum Gasteiger partial charge on any atom is 0.245 e. The minimum Gasteiger partial charge on any atom is -0.258 e. The van der Waals surface area contributed by atoms with Crippen molar-refractivity contribution in [1.82, 2.24) is 9.29 Å². The number of pyridine rings is 1. The number of hydrogen-bond donors (Lipinski definition) is 0. The molecule has 0 bridgehead atoms. The third-order valence-corrected chi connectivity index (χ3v) is 4.86. The Morgan fingerprint density at radius 2 is 2.36 bits per heavy atom.